The van der Waals surface area contributed by atoms with Gasteiger partial charge in [-0.2, -0.15) is 0 Å². The molecule has 0 aromatic heterocycles. The molecule has 0 bridgehead atoms. The van der Waals surface area contributed by atoms with Gasteiger partial charge in [-0.15, -0.1) is 0 Å². The average Bonchev–Trinajstić information content (AvgIpc) is 3.04. The number of urea groups is 1. The quantitative estimate of drug-likeness (QED) is 0.843. The van der Waals surface area contributed by atoms with E-state index in [0.29, 0.717) is 16.1 Å². The van der Waals surface area contributed by atoms with E-state index >= 15 is 0 Å². The van der Waals surface area contributed by atoms with E-state index in [-0.39, 0.29) is 12.1 Å². The number of hydrogen-bond donors (Lipinski definition) is 2. The molecule has 1 aromatic carbocycles. The van der Waals surface area contributed by atoms with E-state index in [1.807, 2.05) is 6.07 Å². The average molecular weight is 313 g/mol. The van der Waals surface area contributed by atoms with Crippen molar-refractivity contribution in [1.29, 1.82) is 0 Å². The molecule has 5 heteroatoms. The van der Waals surface area contributed by atoms with Crippen molar-refractivity contribution in [2.24, 2.45) is 0 Å². The van der Waals surface area contributed by atoms with E-state index in [1.54, 1.807) is 6.07 Å². The SMILES string of the molecule is O=C(NC1CCCC1)NC1CCc2c1ccc(Cl)c2Cl. The molecule has 0 aliphatic heterocycles. The van der Waals surface area contributed by atoms with Gasteiger partial charge >= 0.3 is 6.03 Å². The summed E-state index contributed by atoms with van der Waals surface area (Å²) in [6.07, 6.45) is 6.36. The van der Waals surface area contributed by atoms with Crippen LogP contribution in [0.5, 0.6) is 0 Å². The van der Waals surface area contributed by atoms with Gasteiger partial charge in [0, 0.05) is 6.04 Å². The number of benzene rings is 1. The van der Waals surface area contributed by atoms with Gasteiger partial charge < -0.3 is 10.6 Å². The normalized spacial score (nSPS) is 21.8. The number of hydrogen-bond acceptors (Lipinski definition) is 1. The molecule has 2 amide bonds. The van der Waals surface area contributed by atoms with Gasteiger partial charge in [0.2, 0.25) is 0 Å². The van der Waals surface area contributed by atoms with Crippen LogP contribution in [0.2, 0.25) is 10.0 Å². The summed E-state index contributed by atoms with van der Waals surface area (Å²) in [5.41, 5.74) is 2.17. The molecule has 0 saturated heterocycles. The van der Waals surface area contributed by atoms with Gasteiger partial charge in [-0.25, -0.2) is 4.79 Å². The third-order valence-corrected chi connectivity index (χ3v) is 5.13. The van der Waals surface area contributed by atoms with Crippen LogP contribution in [0.1, 0.15) is 49.3 Å². The van der Waals surface area contributed by atoms with Crippen molar-refractivity contribution in [2.75, 3.05) is 0 Å². The first-order valence-electron chi connectivity index (χ1n) is 7.19. The first-order valence-corrected chi connectivity index (χ1v) is 7.94. The third-order valence-electron chi connectivity index (χ3n) is 4.29. The Bertz CT molecular complexity index is 527. The zero-order valence-electron chi connectivity index (χ0n) is 11.2. The highest BCUT2D eigenvalue weighted by atomic mass is 35.5. The minimum Gasteiger partial charge on any atom is -0.335 e. The molecule has 3 nitrogen and oxygen atoms in total. The summed E-state index contributed by atoms with van der Waals surface area (Å²) >= 11 is 12.2. The smallest absolute Gasteiger partial charge is 0.315 e. The van der Waals surface area contributed by atoms with E-state index in [1.165, 1.54) is 12.8 Å². The number of amides is 2. The molecule has 1 atom stereocenters. The molecule has 1 fully saturated rings. The van der Waals surface area contributed by atoms with Crippen LogP contribution in [0.15, 0.2) is 12.1 Å². The summed E-state index contributed by atoms with van der Waals surface area (Å²) in [7, 11) is 0. The van der Waals surface area contributed by atoms with Crippen LogP contribution in [0.25, 0.3) is 0 Å². The van der Waals surface area contributed by atoms with Crippen molar-refractivity contribution >= 4 is 29.2 Å². The number of halogens is 2. The van der Waals surface area contributed by atoms with E-state index in [9.17, 15) is 4.79 Å². The largest absolute Gasteiger partial charge is 0.335 e. The summed E-state index contributed by atoms with van der Waals surface area (Å²) in [5.74, 6) is 0. The maximum atomic E-state index is 12.0. The summed E-state index contributed by atoms with van der Waals surface area (Å²) in [5, 5.41) is 7.32. The van der Waals surface area contributed by atoms with Crippen molar-refractivity contribution in [1.82, 2.24) is 10.6 Å². The molecule has 3 rings (SSSR count). The molecule has 0 heterocycles. The molecule has 2 N–H and O–H groups in total. The summed E-state index contributed by atoms with van der Waals surface area (Å²) in [6.45, 7) is 0. The fraction of sp³-hybridized carbons (Fsp3) is 0.533. The fourth-order valence-corrected chi connectivity index (χ4v) is 3.68. The van der Waals surface area contributed by atoms with Gasteiger partial charge in [0.05, 0.1) is 16.1 Å². The van der Waals surface area contributed by atoms with Gasteiger partial charge in [-0.3, -0.25) is 0 Å². The van der Waals surface area contributed by atoms with Crippen LogP contribution in [-0.4, -0.2) is 12.1 Å². The lowest BCUT2D eigenvalue weighted by atomic mass is 10.1. The highest BCUT2D eigenvalue weighted by Gasteiger charge is 2.27. The molecule has 2 aliphatic rings. The highest BCUT2D eigenvalue weighted by molar-refractivity contribution is 6.42. The van der Waals surface area contributed by atoms with Crippen molar-refractivity contribution in [2.45, 2.75) is 50.6 Å². The maximum absolute atomic E-state index is 12.0. The predicted molar refractivity (Wildman–Crippen MR) is 81.4 cm³/mol. The molecular weight excluding hydrogens is 295 g/mol. The van der Waals surface area contributed by atoms with Gasteiger partial charge in [-0.05, 0) is 42.9 Å². The van der Waals surface area contributed by atoms with Crippen LogP contribution in [0.3, 0.4) is 0 Å². The predicted octanol–water partition coefficient (Wildman–Crippen LogP) is 4.22. The molecule has 20 heavy (non-hydrogen) atoms. The zero-order chi connectivity index (χ0) is 14.1. The lowest BCUT2D eigenvalue weighted by molar-refractivity contribution is 0.233. The number of carbonyl (C=O) groups is 1. The van der Waals surface area contributed by atoms with E-state index in [4.69, 9.17) is 23.2 Å². The Labute approximate surface area is 129 Å². The topological polar surface area (TPSA) is 41.1 Å². The second-order valence-electron chi connectivity index (χ2n) is 5.62. The minimum absolute atomic E-state index is 0.0427. The molecule has 2 aliphatic carbocycles. The number of nitrogens with one attached hydrogen (secondary N) is 2. The fourth-order valence-electron chi connectivity index (χ4n) is 3.24. The molecule has 108 valence electrons. The summed E-state index contributed by atoms with van der Waals surface area (Å²) in [4.78, 5) is 12.0. The number of rotatable bonds is 2. The second kappa shape index (κ2) is 5.82. The number of carbonyl (C=O) groups excluding carboxylic acids is 1. The van der Waals surface area contributed by atoms with E-state index in [2.05, 4.69) is 10.6 Å². The van der Waals surface area contributed by atoms with Crippen molar-refractivity contribution in [3.63, 3.8) is 0 Å². The minimum atomic E-state index is -0.0687. The van der Waals surface area contributed by atoms with E-state index in [0.717, 1.165) is 36.8 Å². The zero-order valence-corrected chi connectivity index (χ0v) is 12.7. The molecular formula is C15H18Cl2N2O. The highest BCUT2D eigenvalue weighted by Crippen LogP contribution is 2.39. The Morgan fingerprint density at radius 2 is 1.85 bits per heavy atom. The van der Waals surface area contributed by atoms with Crippen molar-refractivity contribution < 1.29 is 4.79 Å². The van der Waals surface area contributed by atoms with Crippen LogP contribution < -0.4 is 10.6 Å². The first kappa shape index (κ1) is 14.0. The Morgan fingerprint density at radius 1 is 1.10 bits per heavy atom. The molecule has 1 saturated carbocycles. The lowest BCUT2D eigenvalue weighted by Gasteiger charge is -2.18. The lowest BCUT2D eigenvalue weighted by Crippen LogP contribution is -2.42. The Kier molecular flexibility index (Phi) is 4.08. The van der Waals surface area contributed by atoms with Gasteiger partial charge in [0.1, 0.15) is 0 Å². The van der Waals surface area contributed by atoms with Gasteiger partial charge in [0.15, 0.2) is 0 Å². The first-order chi connectivity index (χ1) is 9.65. The summed E-state index contributed by atoms with van der Waals surface area (Å²) < 4.78 is 0. The van der Waals surface area contributed by atoms with Gasteiger partial charge in [-0.1, -0.05) is 42.1 Å². The van der Waals surface area contributed by atoms with Crippen molar-refractivity contribution in [3.8, 4) is 0 Å². The monoisotopic (exact) mass is 312 g/mol. The molecule has 0 radical (unpaired) electrons. The molecule has 1 aromatic rings. The van der Waals surface area contributed by atoms with Crippen LogP contribution in [0.4, 0.5) is 4.79 Å². The maximum Gasteiger partial charge on any atom is 0.315 e. The molecule has 1 unspecified atom stereocenters. The molecule has 0 spiro atoms. The Morgan fingerprint density at radius 3 is 2.60 bits per heavy atom. The van der Waals surface area contributed by atoms with Gasteiger partial charge in [0.25, 0.3) is 0 Å². The standard InChI is InChI=1S/C15H18Cl2N2O/c16-12-7-5-10-11(14(12)17)6-8-13(10)19-15(20)18-9-3-1-2-4-9/h5,7,9,13H,1-4,6,8H2,(H2,18,19,20). The Balaban J connectivity index is 1.66. The Hall–Kier alpha value is -0.930. The number of fused-ring (bicyclic) bond motifs is 1. The van der Waals surface area contributed by atoms with Crippen LogP contribution >= 0.6 is 23.2 Å². The second-order valence-corrected chi connectivity index (χ2v) is 6.40. The third kappa shape index (κ3) is 2.75. The van der Waals surface area contributed by atoms with Crippen molar-refractivity contribution in [3.05, 3.63) is 33.3 Å². The van der Waals surface area contributed by atoms with Crippen LogP contribution in [0, 0.1) is 0 Å². The van der Waals surface area contributed by atoms with Crippen LogP contribution in [-0.2, 0) is 6.42 Å². The summed E-state index contributed by atoms with van der Waals surface area (Å²) in [6, 6.07) is 4.08. The van der Waals surface area contributed by atoms with E-state index < -0.39 is 0 Å².